The maximum atomic E-state index is 13.9. The first kappa shape index (κ1) is 19.0. The number of carbonyl (C=O) groups excluding carboxylic acids is 1. The van der Waals surface area contributed by atoms with Crippen LogP contribution in [-0.2, 0) is 6.54 Å². The van der Waals surface area contributed by atoms with Gasteiger partial charge in [0.05, 0.1) is 19.2 Å². The van der Waals surface area contributed by atoms with Gasteiger partial charge in [0.1, 0.15) is 0 Å². The van der Waals surface area contributed by atoms with Gasteiger partial charge in [0.25, 0.3) is 5.91 Å². The van der Waals surface area contributed by atoms with Crippen molar-refractivity contribution in [2.24, 2.45) is 4.99 Å². The Kier molecular flexibility index (Phi) is 5.23. The summed E-state index contributed by atoms with van der Waals surface area (Å²) in [6.45, 7) is 2.14. The van der Waals surface area contributed by atoms with E-state index >= 15 is 0 Å². The Morgan fingerprint density at radius 3 is 2.69 bits per heavy atom. The van der Waals surface area contributed by atoms with Gasteiger partial charge in [-0.2, -0.15) is 4.39 Å². The summed E-state index contributed by atoms with van der Waals surface area (Å²) in [7, 11) is 0. The maximum Gasteiger partial charge on any atom is 0.251 e. The fourth-order valence-electron chi connectivity index (χ4n) is 3.53. The summed E-state index contributed by atoms with van der Waals surface area (Å²) >= 11 is 0. The van der Waals surface area contributed by atoms with Crippen LogP contribution in [0.15, 0.2) is 71.7 Å². The van der Waals surface area contributed by atoms with E-state index in [0.717, 1.165) is 27.8 Å². The molecule has 1 aliphatic heterocycles. The van der Waals surface area contributed by atoms with Crippen molar-refractivity contribution >= 4 is 11.9 Å². The Bertz CT molecular complexity index is 1110. The highest BCUT2D eigenvalue weighted by atomic mass is 19.1. The number of amides is 1. The number of aliphatic imine (C=N–C) groups is 1. The topological polar surface area (TPSA) is 61.7 Å². The van der Waals surface area contributed by atoms with Gasteiger partial charge in [-0.15, -0.1) is 0 Å². The van der Waals surface area contributed by atoms with Crippen LogP contribution in [0.5, 0.6) is 0 Å². The molecular formula is C24H21FN2O2. The normalized spacial score (nSPS) is 13.6. The molecule has 1 unspecified atom stereocenters. The van der Waals surface area contributed by atoms with Gasteiger partial charge in [0.15, 0.2) is 0 Å². The molecule has 4 rings (SSSR count). The molecule has 0 radical (unpaired) electrons. The van der Waals surface area contributed by atoms with Crippen LogP contribution in [0.4, 0.5) is 4.39 Å². The second-order valence-corrected chi connectivity index (χ2v) is 7.18. The molecule has 0 aromatic heterocycles. The van der Waals surface area contributed by atoms with E-state index in [1.165, 1.54) is 0 Å². The third kappa shape index (κ3) is 3.96. The van der Waals surface area contributed by atoms with Crippen molar-refractivity contribution in [2.45, 2.75) is 19.5 Å². The smallest absolute Gasteiger partial charge is 0.251 e. The number of carbonyl (C=O) groups is 1. The van der Waals surface area contributed by atoms with Crippen molar-refractivity contribution in [3.8, 4) is 11.1 Å². The van der Waals surface area contributed by atoms with E-state index in [1.54, 1.807) is 24.3 Å². The fourth-order valence-corrected chi connectivity index (χ4v) is 3.53. The molecule has 2 N–H and O–H groups in total. The molecule has 0 aliphatic carbocycles. The molecule has 1 heterocycles. The Morgan fingerprint density at radius 1 is 1.10 bits per heavy atom. The highest BCUT2D eigenvalue weighted by Crippen LogP contribution is 2.27. The Balaban J connectivity index is 1.58. The van der Waals surface area contributed by atoms with E-state index < -0.39 is 12.0 Å². The lowest BCUT2D eigenvalue weighted by Crippen LogP contribution is -2.30. The van der Waals surface area contributed by atoms with Crippen molar-refractivity contribution in [3.05, 3.63) is 94.5 Å². The van der Waals surface area contributed by atoms with Gasteiger partial charge in [0, 0.05) is 11.1 Å². The van der Waals surface area contributed by atoms with Crippen LogP contribution < -0.4 is 5.32 Å². The lowest BCUT2D eigenvalue weighted by atomic mass is 9.98. The molecule has 5 heteroatoms. The molecule has 0 spiro atoms. The van der Waals surface area contributed by atoms with Crippen molar-refractivity contribution in [1.29, 1.82) is 0 Å². The van der Waals surface area contributed by atoms with Crippen LogP contribution in [0.25, 0.3) is 11.1 Å². The summed E-state index contributed by atoms with van der Waals surface area (Å²) in [5.74, 6) is -0.721. The van der Waals surface area contributed by atoms with Gasteiger partial charge in [-0.05, 0) is 47.4 Å². The zero-order valence-electron chi connectivity index (χ0n) is 16.0. The lowest BCUT2D eigenvalue weighted by Gasteiger charge is -2.17. The molecule has 146 valence electrons. The molecule has 29 heavy (non-hydrogen) atoms. The second-order valence-electron chi connectivity index (χ2n) is 7.18. The number of hydrogen-bond acceptors (Lipinski definition) is 3. The van der Waals surface area contributed by atoms with E-state index in [9.17, 15) is 14.3 Å². The largest absolute Gasteiger partial charge is 0.394 e. The molecule has 1 amide bonds. The molecule has 4 nitrogen and oxygen atoms in total. The van der Waals surface area contributed by atoms with Crippen molar-refractivity contribution in [3.63, 3.8) is 0 Å². The third-order valence-corrected chi connectivity index (χ3v) is 5.11. The number of aliphatic hydroxyl groups is 1. The minimum atomic E-state index is -0.489. The first-order valence-corrected chi connectivity index (χ1v) is 9.47. The Labute approximate surface area is 168 Å². The molecule has 0 bridgehead atoms. The Hall–Kier alpha value is -3.31. The molecule has 0 saturated carbocycles. The summed E-state index contributed by atoms with van der Waals surface area (Å²) in [6.07, 6.45) is 0. The standard InChI is InChI=1S/C24H21FN2O2/c1-15-4-2-6-18(10-15)22(14-28)27-24(29)19-7-3-5-16(11-19)17-8-9-20-13-26-23(25)21(20)12-17/h2-12,22,28H,13-14H2,1H3,(H,27,29). The summed E-state index contributed by atoms with van der Waals surface area (Å²) in [5, 5.41) is 12.6. The number of nitrogens with zero attached hydrogens (tertiary/aromatic N) is 1. The van der Waals surface area contributed by atoms with E-state index in [1.807, 2.05) is 49.4 Å². The number of halogens is 1. The predicted molar refractivity (Wildman–Crippen MR) is 112 cm³/mol. The Morgan fingerprint density at radius 2 is 1.90 bits per heavy atom. The number of hydrogen-bond donors (Lipinski definition) is 2. The molecule has 1 aliphatic rings. The zero-order valence-corrected chi connectivity index (χ0v) is 16.0. The fraction of sp³-hybridized carbons (Fsp3) is 0.167. The van der Waals surface area contributed by atoms with Crippen LogP contribution in [0.2, 0.25) is 0 Å². The maximum absolute atomic E-state index is 13.9. The van der Waals surface area contributed by atoms with Gasteiger partial charge in [-0.3, -0.25) is 9.79 Å². The summed E-state index contributed by atoms with van der Waals surface area (Å²) in [4.78, 5) is 16.6. The molecule has 3 aromatic carbocycles. The molecule has 0 fully saturated rings. The number of nitrogens with one attached hydrogen (secondary N) is 1. The molecular weight excluding hydrogens is 367 g/mol. The average molecular weight is 388 g/mol. The van der Waals surface area contributed by atoms with E-state index in [2.05, 4.69) is 10.3 Å². The van der Waals surface area contributed by atoms with Crippen molar-refractivity contribution in [2.75, 3.05) is 6.61 Å². The number of benzene rings is 3. The van der Waals surface area contributed by atoms with Gasteiger partial charge < -0.3 is 10.4 Å². The quantitative estimate of drug-likeness (QED) is 0.682. The summed E-state index contributed by atoms with van der Waals surface area (Å²) in [5.41, 5.74) is 5.40. The van der Waals surface area contributed by atoms with Crippen LogP contribution in [0.1, 0.15) is 38.7 Å². The molecule has 3 aromatic rings. The minimum absolute atomic E-state index is 0.196. The van der Waals surface area contributed by atoms with E-state index in [-0.39, 0.29) is 12.5 Å². The highest BCUT2D eigenvalue weighted by molar-refractivity contribution is 5.99. The lowest BCUT2D eigenvalue weighted by molar-refractivity contribution is 0.0916. The number of fused-ring (bicyclic) bond motifs is 1. The SMILES string of the molecule is Cc1cccc(C(CO)NC(=O)c2cccc(-c3ccc4c(c3)C(F)=NC4)c2)c1. The van der Waals surface area contributed by atoms with Crippen LogP contribution in [-0.4, -0.2) is 23.6 Å². The molecule has 1 atom stereocenters. The van der Waals surface area contributed by atoms with E-state index in [0.29, 0.717) is 17.7 Å². The number of rotatable bonds is 5. The van der Waals surface area contributed by atoms with Gasteiger partial charge in [-0.1, -0.05) is 54.1 Å². The number of aliphatic hydroxyl groups excluding tert-OH is 1. The van der Waals surface area contributed by atoms with Crippen molar-refractivity contribution < 1.29 is 14.3 Å². The van der Waals surface area contributed by atoms with Crippen LogP contribution in [0, 0.1) is 6.92 Å². The molecule has 0 saturated heterocycles. The van der Waals surface area contributed by atoms with Crippen LogP contribution >= 0.6 is 0 Å². The number of aryl methyl sites for hydroxylation is 1. The first-order valence-electron chi connectivity index (χ1n) is 9.47. The monoisotopic (exact) mass is 388 g/mol. The summed E-state index contributed by atoms with van der Waals surface area (Å²) < 4.78 is 13.9. The third-order valence-electron chi connectivity index (χ3n) is 5.11. The highest BCUT2D eigenvalue weighted by Gasteiger charge is 2.18. The van der Waals surface area contributed by atoms with Gasteiger partial charge in [0.2, 0.25) is 5.97 Å². The summed E-state index contributed by atoms with van der Waals surface area (Å²) in [6, 6.07) is 19.9. The first-order chi connectivity index (χ1) is 14.0. The predicted octanol–water partition coefficient (Wildman–Crippen LogP) is 4.36. The van der Waals surface area contributed by atoms with E-state index in [4.69, 9.17) is 0 Å². The second kappa shape index (κ2) is 7.97. The van der Waals surface area contributed by atoms with Gasteiger partial charge >= 0.3 is 0 Å². The van der Waals surface area contributed by atoms with Crippen LogP contribution in [0.3, 0.4) is 0 Å². The van der Waals surface area contributed by atoms with Crippen molar-refractivity contribution in [1.82, 2.24) is 5.32 Å². The average Bonchev–Trinajstić information content (AvgIpc) is 3.12. The minimum Gasteiger partial charge on any atom is -0.394 e. The van der Waals surface area contributed by atoms with Gasteiger partial charge in [-0.25, -0.2) is 0 Å². The zero-order chi connectivity index (χ0) is 20.4.